The van der Waals surface area contributed by atoms with Gasteiger partial charge in [-0.2, -0.15) is 0 Å². The van der Waals surface area contributed by atoms with Crippen molar-refractivity contribution in [2.45, 2.75) is 65.9 Å². The van der Waals surface area contributed by atoms with Gasteiger partial charge in [-0.3, -0.25) is 13.9 Å². The molecule has 1 aliphatic heterocycles. The molecule has 0 aliphatic carbocycles. The van der Waals surface area contributed by atoms with Gasteiger partial charge in [0.05, 0.1) is 12.7 Å². The first-order chi connectivity index (χ1) is 18.6. The molecule has 0 spiro atoms. The third-order valence-electron chi connectivity index (χ3n) is 6.82. The first-order valence-corrected chi connectivity index (χ1v) is 15.4. The van der Waals surface area contributed by atoms with E-state index in [2.05, 4.69) is 19.9 Å². The summed E-state index contributed by atoms with van der Waals surface area (Å²) in [5, 5.41) is 0.607. The van der Waals surface area contributed by atoms with Crippen molar-refractivity contribution in [3.8, 4) is 11.5 Å². The van der Waals surface area contributed by atoms with E-state index in [0.29, 0.717) is 36.0 Å². The highest BCUT2D eigenvalue weighted by molar-refractivity contribution is 7.53. The summed E-state index contributed by atoms with van der Waals surface area (Å²) in [6, 6.07) is 17.3. The molecule has 8 heteroatoms. The van der Waals surface area contributed by atoms with Crippen LogP contribution in [-0.2, 0) is 24.8 Å². The molecule has 2 atom stereocenters. The van der Waals surface area contributed by atoms with Crippen molar-refractivity contribution >= 4 is 25.2 Å². The van der Waals surface area contributed by atoms with Crippen LogP contribution in [0.25, 0.3) is 0 Å². The summed E-state index contributed by atoms with van der Waals surface area (Å²) in [5.74, 6) is 1.22. The Morgan fingerprint density at radius 1 is 1.10 bits per heavy atom. The van der Waals surface area contributed by atoms with Crippen molar-refractivity contribution in [1.29, 1.82) is 0 Å². The van der Waals surface area contributed by atoms with Gasteiger partial charge >= 0.3 is 13.6 Å². The number of ether oxygens (including phenoxy) is 2. The Balaban J connectivity index is 1.45. The van der Waals surface area contributed by atoms with Crippen molar-refractivity contribution < 1.29 is 27.9 Å². The predicted molar refractivity (Wildman–Crippen MR) is 154 cm³/mol. The second-order valence-corrected chi connectivity index (χ2v) is 12.6. The molecule has 208 valence electrons. The fourth-order valence-electron chi connectivity index (χ4n) is 4.70. The van der Waals surface area contributed by atoms with Crippen molar-refractivity contribution in [1.82, 2.24) is 0 Å². The van der Waals surface area contributed by atoms with E-state index in [1.807, 2.05) is 56.3 Å². The second-order valence-electron chi connectivity index (χ2n) is 10.2. The summed E-state index contributed by atoms with van der Waals surface area (Å²) in [6.07, 6.45) is 1.13. The number of carbonyl (C=O) groups excluding carboxylic acids is 1. The second kappa shape index (κ2) is 12.7. The minimum absolute atomic E-state index is 0.169. The molecule has 0 bridgehead atoms. The Bertz CT molecular complexity index is 1360. The topological polar surface area (TPSA) is 71.1 Å². The van der Waals surface area contributed by atoms with Gasteiger partial charge in [0, 0.05) is 17.9 Å². The molecule has 39 heavy (non-hydrogen) atoms. The van der Waals surface area contributed by atoms with Crippen molar-refractivity contribution in [2.75, 3.05) is 13.0 Å². The minimum atomic E-state index is -3.45. The van der Waals surface area contributed by atoms with E-state index < -0.39 is 7.60 Å². The number of hydrogen-bond acceptors (Lipinski definition) is 6. The summed E-state index contributed by atoms with van der Waals surface area (Å²) < 4.78 is 36.2. The normalized spacial score (nSPS) is 19.2. The van der Waals surface area contributed by atoms with Gasteiger partial charge in [-0.15, -0.1) is 0 Å². The molecule has 1 heterocycles. The molecule has 1 fully saturated rings. The van der Waals surface area contributed by atoms with Gasteiger partial charge < -0.3 is 14.0 Å². The lowest BCUT2D eigenvalue weighted by Gasteiger charge is -2.30. The molecular weight excluding hydrogens is 535 g/mol. The summed E-state index contributed by atoms with van der Waals surface area (Å²) in [7, 11) is -3.45. The summed E-state index contributed by atoms with van der Waals surface area (Å²) >= 11 is 6.12. The van der Waals surface area contributed by atoms with Crippen LogP contribution >= 0.6 is 19.2 Å². The summed E-state index contributed by atoms with van der Waals surface area (Å²) in [5.41, 5.74) is 6.34. The van der Waals surface area contributed by atoms with E-state index >= 15 is 0 Å². The fourth-order valence-corrected chi connectivity index (χ4v) is 6.40. The van der Waals surface area contributed by atoms with E-state index in [1.165, 1.54) is 5.56 Å². The molecule has 0 radical (unpaired) electrons. The molecule has 3 aromatic carbocycles. The molecule has 0 aromatic heterocycles. The highest BCUT2D eigenvalue weighted by Gasteiger charge is 2.35. The van der Waals surface area contributed by atoms with Crippen LogP contribution in [0.3, 0.4) is 0 Å². The first-order valence-electron chi connectivity index (χ1n) is 13.3. The highest BCUT2D eigenvalue weighted by Crippen LogP contribution is 2.56. The Hall–Kier alpha value is -2.63. The average Bonchev–Trinajstić information content (AvgIpc) is 2.90. The van der Waals surface area contributed by atoms with E-state index in [9.17, 15) is 9.36 Å². The third-order valence-corrected chi connectivity index (χ3v) is 8.66. The standard InChI is InChI=1S/C31H36ClO6P/c1-6-31(33)37-30-11-10-23(16-27(30)20(2)3)17-28-21(4)14-26(15-22(28)5)35-19-39(34)36-13-12-29(38-39)24-8-7-9-25(32)18-24/h7-11,14-16,18,20,29H,6,12-13,17,19H2,1-5H3. The van der Waals surface area contributed by atoms with Crippen LogP contribution in [0, 0.1) is 13.8 Å². The zero-order valence-electron chi connectivity index (χ0n) is 23.2. The van der Waals surface area contributed by atoms with E-state index in [4.69, 9.17) is 30.1 Å². The lowest BCUT2D eigenvalue weighted by Crippen LogP contribution is -2.17. The molecule has 0 saturated carbocycles. The largest absolute Gasteiger partial charge is 0.481 e. The quantitative estimate of drug-likeness (QED) is 0.146. The molecule has 6 nitrogen and oxygen atoms in total. The molecule has 1 aliphatic rings. The SMILES string of the molecule is CCC(=O)Oc1ccc(Cc2c(C)cc(OCP3(=O)OCCC(c4cccc(Cl)c4)O3)cc2C)cc1C(C)C. The molecule has 0 N–H and O–H groups in total. The highest BCUT2D eigenvalue weighted by atomic mass is 35.5. The number of hydrogen-bond donors (Lipinski definition) is 0. The van der Waals surface area contributed by atoms with Gasteiger partial charge in [0.2, 0.25) is 0 Å². The van der Waals surface area contributed by atoms with Gasteiger partial charge in [-0.25, -0.2) is 0 Å². The van der Waals surface area contributed by atoms with Gasteiger partial charge in [0.25, 0.3) is 0 Å². The number of aryl methyl sites for hydroxylation is 2. The number of halogens is 1. The molecule has 3 aromatic rings. The van der Waals surface area contributed by atoms with Gasteiger partial charge in [-0.05, 0) is 89.9 Å². The third kappa shape index (κ3) is 7.52. The lowest BCUT2D eigenvalue weighted by molar-refractivity contribution is -0.134. The zero-order valence-corrected chi connectivity index (χ0v) is 24.8. The molecular formula is C31H36ClO6P. The molecule has 1 saturated heterocycles. The Kier molecular flexibility index (Phi) is 9.56. The Labute approximate surface area is 236 Å². The molecule has 2 unspecified atom stereocenters. The lowest BCUT2D eigenvalue weighted by atomic mass is 9.93. The maximum atomic E-state index is 13.3. The smallest absolute Gasteiger partial charge is 0.368 e. The Morgan fingerprint density at radius 2 is 1.85 bits per heavy atom. The predicted octanol–water partition coefficient (Wildman–Crippen LogP) is 8.69. The van der Waals surface area contributed by atoms with Crippen LogP contribution in [0.15, 0.2) is 54.6 Å². The number of benzene rings is 3. The fraction of sp³-hybridized carbons (Fsp3) is 0.387. The maximum absolute atomic E-state index is 13.3. The minimum Gasteiger partial charge on any atom is -0.481 e. The van der Waals surface area contributed by atoms with Crippen LogP contribution in [0.2, 0.25) is 5.02 Å². The van der Waals surface area contributed by atoms with E-state index in [-0.39, 0.29) is 24.3 Å². The van der Waals surface area contributed by atoms with Crippen LogP contribution in [0.1, 0.15) is 79.0 Å². The van der Waals surface area contributed by atoms with Crippen molar-refractivity contribution in [2.24, 2.45) is 0 Å². The number of rotatable bonds is 9. The first kappa shape index (κ1) is 29.4. The van der Waals surface area contributed by atoms with Crippen molar-refractivity contribution in [3.63, 3.8) is 0 Å². The van der Waals surface area contributed by atoms with Gasteiger partial charge in [0.15, 0.2) is 6.35 Å². The van der Waals surface area contributed by atoms with Crippen LogP contribution < -0.4 is 9.47 Å². The maximum Gasteiger partial charge on any atom is 0.368 e. The van der Waals surface area contributed by atoms with Gasteiger partial charge in [0.1, 0.15) is 11.5 Å². The number of carbonyl (C=O) groups is 1. The Morgan fingerprint density at radius 3 is 2.51 bits per heavy atom. The van der Waals surface area contributed by atoms with Crippen LogP contribution in [-0.4, -0.2) is 18.9 Å². The summed E-state index contributed by atoms with van der Waals surface area (Å²) in [6.45, 7) is 10.4. The van der Waals surface area contributed by atoms with E-state index in [0.717, 1.165) is 34.2 Å². The zero-order chi connectivity index (χ0) is 28.2. The summed E-state index contributed by atoms with van der Waals surface area (Å²) in [4.78, 5) is 11.8. The number of esters is 1. The molecule has 4 rings (SSSR count). The monoisotopic (exact) mass is 570 g/mol. The van der Waals surface area contributed by atoms with Crippen LogP contribution in [0.4, 0.5) is 0 Å². The van der Waals surface area contributed by atoms with E-state index in [1.54, 1.807) is 13.0 Å². The van der Waals surface area contributed by atoms with Gasteiger partial charge in [-0.1, -0.05) is 56.6 Å². The van der Waals surface area contributed by atoms with Crippen molar-refractivity contribution in [3.05, 3.63) is 93.0 Å². The molecule has 0 amide bonds. The average molecular weight is 571 g/mol. The van der Waals surface area contributed by atoms with Crippen LogP contribution in [0.5, 0.6) is 11.5 Å².